The van der Waals surface area contributed by atoms with Gasteiger partial charge in [-0.3, -0.25) is 0 Å². The largest absolute Gasteiger partial charge is 0.478 e. The Balaban J connectivity index is 2.37. The van der Waals surface area contributed by atoms with Gasteiger partial charge in [-0.1, -0.05) is 22.0 Å². The van der Waals surface area contributed by atoms with Crippen LogP contribution in [0.1, 0.15) is 15.9 Å². The molecule has 5 heteroatoms. The van der Waals surface area contributed by atoms with Gasteiger partial charge in [-0.15, -0.1) is 0 Å². The summed E-state index contributed by atoms with van der Waals surface area (Å²) in [5.41, 5.74) is 1.08. The maximum absolute atomic E-state index is 11.0. The average Bonchev–Trinajstić information content (AvgIpc) is 2.34. The molecule has 2 aromatic carbocycles. The van der Waals surface area contributed by atoms with E-state index in [-0.39, 0.29) is 5.56 Å². The van der Waals surface area contributed by atoms with Gasteiger partial charge < -0.3 is 9.84 Å². The molecule has 98 valence electrons. The second-order valence-electron chi connectivity index (χ2n) is 3.96. The number of halogens is 2. The van der Waals surface area contributed by atoms with Gasteiger partial charge in [0.25, 0.3) is 0 Å². The first-order chi connectivity index (χ1) is 8.97. The molecule has 0 aromatic heterocycles. The zero-order valence-corrected chi connectivity index (χ0v) is 13.2. The second kappa shape index (κ2) is 5.75. The smallest absolute Gasteiger partial charge is 0.335 e. The first-order valence-electron chi connectivity index (χ1n) is 5.44. The number of carboxylic acid groups (broad SMARTS) is 1. The van der Waals surface area contributed by atoms with E-state index in [0.717, 1.165) is 14.5 Å². The Morgan fingerprint density at radius 2 is 1.84 bits per heavy atom. The van der Waals surface area contributed by atoms with Crippen LogP contribution in [-0.4, -0.2) is 11.1 Å². The minimum absolute atomic E-state index is 0.203. The number of hydrogen-bond acceptors (Lipinski definition) is 2. The highest BCUT2D eigenvalue weighted by atomic mass is 79.9. The first kappa shape index (κ1) is 14.1. The van der Waals surface area contributed by atoms with Crippen molar-refractivity contribution in [3.05, 3.63) is 56.5 Å². The molecule has 2 rings (SSSR count). The van der Waals surface area contributed by atoms with Gasteiger partial charge in [0.05, 0.1) is 10.0 Å². The average molecular weight is 386 g/mol. The molecule has 0 unspecified atom stereocenters. The molecule has 0 amide bonds. The molecule has 0 fully saturated rings. The molecular weight excluding hydrogens is 376 g/mol. The van der Waals surface area contributed by atoms with Crippen molar-refractivity contribution in [2.75, 3.05) is 0 Å². The molecule has 1 N–H and O–H groups in total. The summed E-state index contributed by atoms with van der Waals surface area (Å²) in [7, 11) is 0. The van der Waals surface area contributed by atoms with Crippen molar-refractivity contribution in [2.45, 2.75) is 6.92 Å². The van der Waals surface area contributed by atoms with Gasteiger partial charge in [0.2, 0.25) is 0 Å². The zero-order chi connectivity index (χ0) is 14.0. The molecule has 0 radical (unpaired) electrons. The van der Waals surface area contributed by atoms with E-state index in [9.17, 15) is 4.79 Å². The van der Waals surface area contributed by atoms with Crippen LogP contribution >= 0.6 is 31.9 Å². The lowest BCUT2D eigenvalue weighted by atomic mass is 10.1. The third-order valence-corrected chi connectivity index (χ3v) is 3.66. The normalized spacial score (nSPS) is 10.3. The fourth-order valence-electron chi connectivity index (χ4n) is 1.52. The van der Waals surface area contributed by atoms with Crippen LogP contribution < -0.4 is 4.74 Å². The lowest BCUT2D eigenvalue weighted by Crippen LogP contribution is -1.98. The van der Waals surface area contributed by atoms with Crippen molar-refractivity contribution in [1.29, 1.82) is 0 Å². The highest BCUT2D eigenvalue weighted by Gasteiger charge is 2.09. The van der Waals surface area contributed by atoms with Gasteiger partial charge in [-0.25, -0.2) is 4.79 Å². The first-order valence-corrected chi connectivity index (χ1v) is 7.03. The van der Waals surface area contributed by atoms with Crippen LogP contribution in [0.4, 0.5) is 0 Å². The van der Waals surface area contributed by atoms with E-state index in [4.69, 9.17) is 9.84 Å². The highest BCUT2D eigenvalue weighted by molar-refractivity contribution is 9.11. The summed E-state index contributed by atoms with van der Waals surface area (Å²) in [5.74, 6) is 0.191. The molecule has 0 heterocycles. The molecule has 3 nitrogen and oxygen atoms in total. The predicted molar refractivity (Wildman–Crippen MR) is 80.1 cm³/mol. The van der Waals surface area contributed by atoms with Crippen LogP contribution in [0, 0.1) is 6.92 Å². The van der Waals surface area contributed by atoms with Crippen LogP contribution in [0.25, 0.3) is 0 Å². The summed E-state index contributed by atoms with van der Waals surface area (Å²) in [6.45, 7) is 1.87. The highest BCUT2D eigenvalue weighted by Crippen LogP contribution is 2.33. The van der Waals surface area contributed by atoms with Gasteiger partial charge in [0.15, 0.2) is 0 Å². The summed E-state index contributed by atoms with van der Waals surface area (Å²) < 4.78 is 7.48. The van der Waals surface area contributed by atoms with E-state index in [0.29, 0.717) is 11.5 Å². The third kappa shape index (κ3) is 3.36. The van der Waals surface area contributed by atoms with E-state index in [1.54, 1.807) is 18.2 Å². The molecule has 0 atom stereocenters. The number of benzene rings is 2. The molecule has 0 saturated carbocycles. The lowest BCUT2D eigenvalue weighted by molar-refractivity contribution is 0.0696. The molecule has 0 aliphatic rings. The summed E-state index contributed by atoms with van der Waals surface area (Å²) in [5, 5.41) is 8.99. The zero-order valence-electron chi connectivity index (χ0n) is 9.98. The molecule has 2 aromatic rings. The van der Waals surface area contributed by atoms with Gasteiger partial charge in [0, 0.05) is 4.47 Å². The number of carbonyl (C=O) groups is 1. The van der Waals surface area contributed by atoms with E-state index >= 15 is 0 Å². The van der Waals surface area contributed by atoms with Crippen LogP contribution in [-0.2, 0) is 0 Å². The second-order valence-corrected chi connectivity index (χ2v) is 5.73. The standard InChI is InChI=1S/C14H10Br2O3/c1-8-2-3-9(14(17)18)6-13(8)19-12-5-4-10(15)7-11(12)16/h2-7H,1H3,(H,17,18). The Hall–Kier alpha value is -1.33. The van der Waals surface area contributed by atoms with E-state index in [2.05, 4.69) is 31.9 Å². The molecule has 0 saturated heterocycles. The van der Waals surface area contributed by atoms with Gasteiger partial charge in [-0.2, -0.15) is 0 Å². The summed E-state index contributed by atoms with van der Waals surface area (Å²) in [6, 6.07) is 10.3. The Bertz CT molecular complexity index is 639. The number of ether oxygens (including phenoxy) is 1. The van der Waals surface area contributed by atoms with Gasteiger partial charge in [0.1, 0.15) is 11.5 Å². The Kier molecular flexibility index (Phi) is 4.27. The topological polar surface area (TPSA) is 46.5 Å². The van der Waals surface area contributed by atoms with E-state index in [1.807, 2.05) is 19.1 Å². The number of rotatable bonds is 3. The van der Waals surface area contributed by atoms with Crippen molar-refractivity contribution >= 4 is 37.8 Å². The molecule has 0 aliphatic heterocycles. The molecule has 0 bridgehead atoms. The number of hydrogen-bond donors (Lipinski definition) is 1. The SMILES string of the molecule is Cc1ccc(C(=O)O)cc1Oc1ccc(Br)cc1Br. The minimum atomic E-state index is -0.972. The number of carboxylic acids is 1. The maximum atomic E-state index is 11.0. The number of aromatic carboxylic acids is 1. The maximum Gasteiger partial charge on any atom is 0.335 e. The summed E-state index contributed by atoms with van der Waals surface area (Å²) in [6.07, 6.45) is 0. The summed E-state index contributed by atoms with van der Waals surface area (Å²) >= 11 is 6.77. The van der Waals surface area contributed by atoms with Crippen molar-refractivity contribution in [3.8, 4) is 11.5 Å². The monoisotopic (exact) mass is 384 g/mol. The molecule has 19 heavy (non-hydrogen) atoms. The minimum Gasteiger partial charge on any atom is -0.478 e. The van der Waals surface area contributed by atoms with Crippen LogP contribution in [0.15, 0.2) is 45.3 Å². The Morgan fingerprint density at radius 1 is 1.11 bits per heavy atom. The van der Waals surface area contributed by atoms with Crippen molar-refractivity contribution in [3.63, 3.8) is 0 Å². The van der Waals surface area contributed by atoms with Gasteiger partial charge >= 0.3 is 5.97 Å². The van der Waals surface area contributed by atoms with Crippen LogP contribution in [0.3, 0.4) is 0 Å². The third-order valence-electron chi connectivity index (χ3n) is 2.55. The molecular formula is C14H10Br2O3. The lowest BCUT2D eigenvalue weighted by Gasteiger charge is -2.11. The van der Waals surface area contributed by atoms with Crippen molar-refractivity contribution in [1.82, 2.24) is 0 Å². The predicted octanol–water partition coefficient (Wildman–Crippen LogP) is 5.01. The molecule has 0 spiro atoms. The fraction of sp³-hybridized carbons (Fsp3) is 0.0714. The van der Waals surface area contributed by atoms with Crippen molar-refractivity contribution < 1.29 is 14.6 Å². The number of aryl methyl sites for hydroxylation is 1. The van der Waals surface area contributed by atoms with E-state index < -0.39 is 5.97 Å². The molecule has 0 aliphatic carbocycles. The quantitative estimate of drug-likeness (QED) is 0.807. The summed E-state index contributed by atoms with van der Waals surface area (Å²) in [4.78, 5) is 11.0. The Labute approximate surface area is 127 Å². The van der Waals surface area contributed by atoms with E-state index in [1.165, 1.54) is 6.07 Å². The fourth-order valence-corrected chi connectivity index (χ4v) is 2.65. The van der Waals surface area contributed by atoms with Gasteiger partial charge in [-0.05, 0) is 58.7 Å². The van der Waals surface area contributed by atoms with Crippen LogP contribution in [0.5, 0.6) is 11.5 Å². The Morgan fingerprint density at radius 3 is 2.47 bits per heavy atom. The van der Waals surface area contributed by atoms with Crippen LogP contribution in [0.2, 0.25) is 0 Å². The van der Waals surface area contributed by atoms with Crippen molar-refractivity contribution in [2.24, 2.45) is 0 Å².